The van der Waals surface area contributed by atoms with Gasteiger partial charge in [-0.1, -0.05) is 0 Å². The van der Waals surface area contributed by atoms with Crippen LogP contribution in [0.5, 0.6) is 5.75 Å². The number of Topliss-reactive ketones (excluding diaryl/α,β-unsaturated/α-hetero) is 1. The van der Waals surface area contributed by atoms with E-state index in [1.165, 1.54) is 40.8 Å². The Morgan fingerprint density at radius 1 is 1.30 bits per heavy atom. The van der Waals surface area contributed by atoms with E-state index in [9.17, 15) is 31.5 Å². The first-order valence-electron chi connectivity index (χ1n) is 8.20. The fraction of sp³-hybridized carbons (Fsp3) is 0.588. The molecule has 1 heterocycles. The molecule has 152 valence electrons. The predicted octanol–water partition coefficient (Wildman–Crippen LogP) is 2.67. The molecule has 2 atom stereocenters. The van der Waals surface area contributed by atoms with Gasteiger partial charge >= 0.3 is 6.18 Å². The number of sulfonamides is 1. The maximum atomic E-state index is 12.8. The van der Waals surface area contributed by atoms with Crippen LogP contribution in [0.25, 0.3) is 0 Å². The molecule has 0 saturated carbocycles. The lowest BCUT2D eigenvalue weighted by Gasteiger charge is -2.45. The van der Waals surface area contributed by atoms with Gasteiger partial charge in [-0.2, -0.15) is 17.5 Å². The molecular weight excluding hydrogens is 387 g/mol. The van der Waals surface area contributed by atoms with Gasteiger partial charge in [0.25, 0.3) is 5.78 Å². The third-order valence-electron chi connectivity index (χ3n) is 4.62. The molecule has 27 heavy (non-hydrogen) atoms. The molecule has 1 aliphatic rings. The third-order valence-corrected chi connectivity index (χ3v) is 6.84. The smallest absolute Gasteiger partial charge is 0.454 e. The Morgan fingerprint density at radius 2 is 1.85 bits per heavy atom. The molecule has 0 aromatic heterocycles. The lowest BCUT2D eigenvalue weighted by molar-refractivity contribution is -0.0887. The van der Waals surface area contributed by atoms with E-state index in [1.807, 2.05) is 0 Å². The van der Waals surface area contributed by atoms with E-state index in [0.29, 0.717) is 0 Å². The Hall–Kier alpha value is -1.65. The molecule has 0 radical (unpaired) electrons. The van der Waals surface area contributed by atoms with Crippen LogP contribution in [-0.2, 0) is 10.0 Å². The van der Waals surface area contributed by atoms with Gasteiger partial charge in [0.15, 0.2) is 0 Å². The zero-order valence-corrected chi connectivity index (χ0v) is 16.4. The summed E-state index contributed by atoms with van der Waals surface area (Å²) in [4.78, 5) is 11.6. The highest BCUT2D eigenvalue weighted by atomic mass is 32.2. The van der Waals surface area contributed by atoms with Crippen LogP contribution in [0.4, 0.5) is 13.2 Å². The minimum absolute atomic E-state index is 0.00338. The van der Waals surface area contributed by atoms with Crippen molar-refractivity contribution >= 4 is 15.8 Å². The minimum Gasteiger partial charge on any atom is -0.485 e. The molecule has 0 saturated heterocycles. The fourth-order valence-electron chi connectivity index (χ4n) is 2.96. The summed E-state index contributed by atoms with van der Waals surface area (Å²) in [6, 6.07) is 1.87. The normalized spacial score (nSPS) is 22.5. The van der Waals surface area contributed by atoms with E-state index in [0.717, 1.165) is 16.4 Å². The minimum atomic E-state index is -5.08. The van der Waals surface area contributed by atoms with Crippen molar-refractivity contribution in [3.8, 4) is 5.75 Å². The van der Waals surface area contributed by atoms with Gasteiger partial charge in [0.05, 0.1) is 11.3 Å². The quantitative estimate of drug-likeness (QED) is 0.773. The molecule has 0 amide bonds. The van der Waals surface area contributed by atoms with Crippen LogP contribution in [0, 0.1) is 0 Å². The van der Waals surface area contributed by atoms with Crippen LogP contribution in [0.3, 0.4) is 0 Å². The molecule has 0 bridgehead atoms. The highest BCUT2D eigenvalue weighted by Crippen LogP contribution is 2.44. The predicted molar refractivity (Wildman–Crippen MR) is 92.1 cm³/mol. The topological polar surface area (TPSA) is 83.9 Å². The van der Waals surface area contributed by atoms with Gasteiger partial charge in [-0.3, -0.25) is 4.79 Å². The number of benzene rings is 1. The molecule has 0 spiro atoms. The second-order valence-corrected chi connectivity index (χ2v) is 9.83. The third kappa shape index (κ3) is 3.83. The number of hydrogen-bond acceptors (Lipinski definition) is 5. The monoisotopic (exact) mass is 409 g/mol. The van der Waals surface area contributed by atoms with Crippen LogP contribution < -0.4 is 4.74 Å². The standard InChI is InChI=1S/C17H22F3NO5S/c1-9(2)27(24,25)21(5)13-11-8-10(14(22)17(18,19)20)6-7-12(11)26-16(3,4)15(13)23/h6-9,13,15,23H,1-5H3/t13-,15+/m0/s1. The lowest BCUT2D eigenvalue weighted by atomic mass is 9.85. The Morgan fingerprint density at radius 3 is 2.33 bits per heavy atom. The molecule has 1 aromatic rings. The van der Waals surface area contributed by atoms with Crippen molar-refractivity contribution in [2.45, 2.75) is 56.9 Å². The summed E-state index contributed by atoms with van der Waals surface area (Å²) in [5.74, 6) is -1.95. The number of ketones is 1. The molecule has 0 unspecified atom stereocenters. The number of aliphatic hydroxyl groups is 1. The summed E-state index contributed by atoms with van der Waals surface area (Å²) in [6.07, 6.45) is -6.45. The van der Waals surface area contributed by atoms with Gasteiger partial charge in [-0.05, 0) is 45.9 Å². The van der Waals surface area contributed by atoms with E-state index in [2.05, 4.69) is 0 Å². The van der Waals surface area contributed by atoms with E-state index >= 15 is 0 Å². The molecule has 0 aliphatic carbocycles. The summed E-state index contributed by atoms with van der Waals surface area (Å²) < 4.78 is 70.1. The lowest BCUT2D eigenvalue weighted by Crippen LogP contribution is -2.54. The van der Waals surface area contributed by atoms with Crippen molar-refractivity contribution in [3.63, 3.8) is 0 Å². The van der Waals surface area contributed by atoms with Crippen molar-refractivity contribution in [3.05, 3.63) is 29.3 Å². The number of carbonyl (C=O) groups is 1. The molecule has 1 N–H and O–H groups in total. The van der Waals surface area contributed by atoms with E-state index in [-0.39, 0.29) is 11.3 Å². The van der Waals surface area contributed by atoms with Crippen molar-refractivity contribution in [1.82, 2.24) is 4.31 Å². The molecular formula is C17H22F3NO5S. The molecule has 0 fully saturated rings. The summed E-state index contributed by atoms with van der Waals surface area (Å²) >= 11 is 0. The van der Waals surface area contributed by atoms with Gasteiger partial charge in [-0.25, -0.2) is 8.42 Å². The Balaban J connectivity index is 2.66. The molecule has 2 rings (SSSR count). The number of hydrogen-bond donors (Lipinski definition) is 1. The highest BCUT2D eigenvalue weighted by molar-refractivity contribution is 7.89. The van der Waals surface area contributed by atoms with Crippen molar-refractivity contribution in [1.29, 1.82) is 0 Å². The number of carbonyl (C=O) groups excluding carboxylic acids is 1. The number of nitrogens with zero attached hydrogens (tertiary/aromatic N) is 1. The van der Waals surface area contributed by atoms with E-state index in [1.54, 1.807) is 0 Å². The fourth-order valence-corrected chi connectivity index (χ4v) is 4.17. The van der Waals surface area contributed by atoms with Crippen LogP contribution in [-0.4, -0.2) is 53.8 Å². The Labute approximate surface area is 156 Å². The van der Waals surface area contributed by atoms with Crippen LogP contribution >= 0.6 is 0 Å². The number of fused-ring (bicyclic) bond motifs is 1. The summed E-state index contributed by atoms with van der Waals surface area (Å²) in [7, 11) is -2.61. The summed E-state index contributed by atoms with van der Waals surface area (Å²) in [6.45, 7) is 5.98. The van der Waals surface area contributed by atoms with Crippen LogP contribution in [0.1, 0.15) is 49.7 Å². The number of likely N-dealkylation sites (N-methyl/N-ethyl adjacent to an activating group) is 1. The molecule has 1 aromatic carbocycles. The van der Waals surface area contributed by atoms with E-state index < -0.39 is 50.5 Å². The van der Waals surface area contributed by atoms with Gasteiger partial charge in [0.1, 0.15) is 17.5 Å². The van der Waals surface area contributed by atoms with E-state index in [4.69, 9.17) is 4.74 Å². The number of ether oxygens (including phenoxy) is 1. The van der Waals surface area contributed by atoms with Crippen molar-refractivity contribution < 1.29 is 36.2 Å². The number of aliphatic hydroxyl groups excluding tert-OH is 1. The summed E-state index contributed by atoms with van der Waals surface area (Å²) in [5.41, 5.74) is -1.85. The van der Waals surface area contributed by atoms with Gasteiger partial charge < -0.3 is 9.84 Å². The number of alkyl halides is 3. The first kappa shape index (κ1) is 21.6. The maximum absolute atomic E-state index is 12.8. The molecule has 1 aliphatic heterocycles. The average molecular weight is 409 g/mol. The second-order valence-electron chi connectivity index (χ2n) is 7.28. The van der Waals surface area contributed by atoms with Gasteiger partial charge in [0.2, 0.25) is 10.0 Å². The van der Waals surface area contributed by atoms with Crippen molar-refractivity contribution in [2.24, 2.45) is 0 Å². The molecule has 10 heteroatoms. The van der Waals surface area contributed by atoms with Crippen LogP contribution in [0.15, 0.2) is 18.2 Å². The Kier molecular flexibility index (Phi) is 5.41. The van der Waals surface area contributed by atoms with Gasteiger partial charge in [-0.15, -0.1) is 0 Å². The maximum Gasteiger partial charge on any atom is 0.454 e. The number of halogens is 3. The number of rotatable bonds is 4. The Bertz CT molecular complexity index is 849. The highest BCUT2D eigenvalue weighted by Gasteiger charge is 2.48. The largest absolute Gasteiger partial charge is 0.485 e. The van der Waals surface area contributed by atoms with Crippen LogP contribution in [0.2, 0.25) is 0 Å². The zero-order chi connectivity index (χ0) is 20.9. The van der Waals surface area contributed by atoms with Gasteiger partial charge in [0, 0.05) is 18.2 Å². The zero-order valence-electron chi connectivity index (χ0n) is 15.5. The van der Waals surface area contributed by atoms with Crippen molar-refractivity contribution in [2.75, 3.05) is 7.05 Å². The summed E-state index contributed by atoms with van der Waals surface area (Å²) in [5, 5.41) is 9.89. The SMILES string of the molecule is CC(C)S(=O)(=O)N(C)[C@H]1c2cc(C(=O)C(F)(F)F)ccc2OC(C)(C)[C@@H]1O. The second kappa shape index (κ2) is 6.75. The first-order valence-corrected chi connectivity index (χ1v) is 9.70. The molecule has 6 nitrogen and oxygen atoms in total. The average Bonchev–Trinajstić information content (AvgIpc) is 2.53. The first-order chi connectivity index (χ1) is 12.1.